The van der Waals surface area contributed by atoms with Crippen molar-refractivity contribution in [1.82, 2.24) is 14.9 Å². The van der Waals surface area contributed by atoms with Gasteiger partial charge in [0.25, 0.3) is 5.91 Å². The minimum atomic E-state index is -0.484. The topological polar surface area (TPSA) is 67.2 Å². The Balaban J connectivity index is 2.46. The second kappa shape index (κ2) is 6.39. The van der Waals surface area contributed by atoms with Gasteiger partial charge in [-0.3, -0.25) is 4.79 Å². The number of aliphatic hydroxyl groups is 1. The molecule has 0 radical (unpaired) electrons. The Morgan fingerprint density at radius 3 is 2.65 bits per heavy atom. The number of aliphatic hydroxyl groups excluding tert-OH is 1. The Bertz CT molecular complexity index is 358. The number of aryl methyl sites for hydroxylation is 1. The molecule has 1 rings (SSSR count). The maximum Gasteiger partial charge on any atom is 0.269 e. The van der Waals surface area contributed by atoms with Gasteiger partial charge in [0.15, 0.2) is 0 Å². The molecule has 0 spiro atoms. The highest BCUT2D eigenvalue weighted by atomic mass is 16.3. The maximum atomic E-state index is 11.7. The van der Waals surface area contributed by atoms with Crippen molar-refractivity contribution in [3.05, 3.63) is 18.2 Å². The molecule has 5 heteroatoms. The third kappa shape index (κ3) is 3.56. The summed E-state index contributed by atoms with van der Waals surface area (Å²) in [5.74, 6) is 0.0387. The number of amides is 1. The molecule has 1 aromatic rings. The smallest absolute Gasteiger partial charge is 0.269 e. The molecule has 0 aromatic carbocycles. The number of rotatable bonds is 6. The quantitative estimate of drug-likeness (QED) is 0.776. The number of aromatic nitrogens is 2. The zero-order chi connectivity index (χ0) is 12.8. The SMILES string of the molecule is CCC(CC)C(O)CNC(=O)c1cncn1C. The van der Waals surface area contributed by atoms with Crippen molar-refractivity contribution >= 4 is 5.91 Å². The Morgan fingerprint density at radius 2 is 2.18 bits per heavy atom. The first-order valence-electron chi connectivity index (χ1n) is 6.02. The van der Waals surface area contributed by atoms with Gasteiger partial charge in [0, 0.05) is 13.6 Å². The number of carbonyl (C=O) groups is 1. The van der Waals surface area contributed by atoms with Crippen molar-refractivity contribution in [2.45, 2.75) is 32.8 Å². The van der Waals surface area contributed by atoms with Crippen molar-refractivity contribution in [3.63, 3.8) is 0 Å². The van der Waals surface area contributed by atoms with Crippen LogP contribution in [0.5, 0.6) is 0 Å². The van der Waals surface area contributed by atoms with Crippen LogP contribution in [-0.2, 0) is 7.05 Å². The van der Waals surface area contributed by atoms with Crippen LogP contribution in [0.1, 0.15) is 37.2 Å². The molecule has 5 nitrogen and oxygen atoms in total. The number of hydrogen-bond donors (Lipinski definition) is 2. The first-order valence-corrected chi connectivity index (χ1v) is 6.02. The average Bonchev–Trinajstić information content (AvgIpc) is 2.74. The van der Waals surface area contributed by atoms with Gasteiger partial charge in [-0.15, -0.1) is 0 Å². The van der Waals surface area contributed by atoms with Crippen LogP contribution >= 0.6 is 0 Å². The Morgan fingerprint density at radius 1 is 1.53 bits per heavy atom. The van der Waals surface area contributed by atoms with E-state index >= 15 is 0 Å². The van der Waals surface area contributed by atoms with Gasteiger partial charge < -0.3 is 15.0 Å². The monoisotopic (exact) mass is 239 g/mol. The van der Waals surface area contributed by atoms with Gasteiger partial charge in [-0.25, -0.2) is 4.98 Å². The van der Waals surface area contributed by atoms with Crippen molar-refractivity contribution in [2.24, 2.45) is 13.0 Å². The highest BCUT2D eigenvalue weighted by Crippen LogP contribution is 2.12. The first kappa shape index (κ1) is 13.7. The van der Waals surface area contributed by atoms with Crippen LogP contribution in [0, 0.1) is 5.92 Å². The molecule has 0 aliphatic heterocycles. The number of hydrogen-bond acceptors (Lipinski definition) is 3. The van der Waals surface area contributed by atoms with Crippen molar-refractivity contribution in [2.75, 3.05) is 6.54 Å². The molecule has 1 heterocycles. The third-order valence-electron chi connectivity index (χ3n) is 3.11. The summed E-state index contributed by atoms with van der Waals surface area (Å²) in [4.78, 5) is 15.6. The fraction of sp³-hybridized carbons (Fsp3) is 0.667. The van der Waals surface area contributed by atoms with E-state index in [-0.39, 0.29) is 18.4 Å². The number of nitrogens with one attached hydrogen (secondary N) is 1. The second-order valence-electron chi connectivity index (χ2n) is 4.24. The number of nitrogens with zero attached hydrogens (tertiary/aromatic N) is 2. The summed E-state index contributed by atoms with van der Waals surface area (Å²) in [5, 5.41) is 12.6. The van der Waals surface area contributed by atoms with Crippen molar-refractivity contribution in [3.8, 4) is 0 Å². The molecule has 1 aromatic heterocycles. The van der Waals surface area contributed by atoms with Crippen LogP contribution in [0.2, 0.25) is 0 Å². The van der Waals surface area contributed by atoms with Gasteiger partial charge in [0.05, 0.1) is 18.6 Å². The molecule has 1 amide bonds. The third-order valence-corrected chi connectivity index (χ3v) is 3.11. The number of carbonyl (C=O) groups excluding carboxylic acids is 1. The Hall–Kier alpha value is -1.36. The largest absolute Gasteiger partial charge is 0.391 e. The lowest BCUT2D eigenvalue weighted by molar-refractivity contribution is 0.0810. The summed E-state index contributed by atoms with van der Waals surface area (Å²) in [6.45, 7) is 4.37. The van der Waals surface area contributed by atoms with Crippen LogP contribution in [0.3, 0.4) is 0 Å². The van der Waals surface area contributed by atoms with E-state index in [0.717, 1.165) is 12.8 Å². The lowest BCUT2D eigenvalue weighted by Crippen LogP contribution is -2.36. The predicted octanol–water partition coefficient (Wildman–Crippen LogP) is 0.947. The zero-order valence-electron chi connectivity index (χ0n) is 10.7. The van der Waals surface area contributed by atoms with Crippen molar-refractivity contribution < 1.29 is 9.90 Å². The van der Waals surface area contributed by atoms with Gasteiger partial charge in [0.1, 0.15) is 5.69 Å². The molecule has 0 bridgehead atoms. The highest BCUT2D eigenvalue weighted by molar-refractivity contribution is 5.92. The van der Waals surface area contributed by atoms with E-state index in [1.165, 1.54) is 6.20 Å². The summed E-state index contributed by atoms with van der Waals surface area (Å²) in [6, 6.07) is 0. The van der Waals surface area contributed by atoms with Crippen LogP contribution in [0.4, 0.5) is 0 Å². The van der Waals surface area contributed by atoms with E-state index in [2.05, 4.69) is 10.3 Å². The standard InChI is InChI=1S/C12H21N3O2/c1-4-9(5-2)11(16)7-14-12(17)10-6-13-8-15(10)3/h6,8-9,11,16H,4-5,7H2,1-3H3,(H,14,17). The van der Waals surface area contributed by atoms with E-state index in [1.54, 1.807) is 17.9 Å². The molecule has 0 fully saturated rings. The van der Waals surface area contributed by atoms with Gasteiger partial charge in [-0.1, -0.05) is 26.7 Å². The van der Waals surface area contributed by atoms with E-state index in [4.69, 9.17) is 0 Å². The summed E-state index contributed by atoms with van der Waals surface area (Å²) in [5.41, 5.74) is 0.502. The average molecular weight is 239 g/mol. The molecule has 1 unspecified atom stereocenters. The Kier molecular flexibility index (Phi) is 5.15. The van der Waals surface area contributed by atoms with E-state index in [9.17, 15) is 9.90 Å². The van der Waals surface area contributed by atoms with Gasteiger partial charge in [-0.2, -0.15) is 0 Å². The molecule has 0 aliphatic carbocycles. The van der Waals surface area contributed by atoms with Gasteiger partial charge >= 0.3 is 0 Å². The van der Waals surface area contributed by atoms with Crippen LogP contribution in [0.25, 0.3) is 0 Å². The highest BCUT2D eigenvalue weighted by Gasteiger charge is 2.17. The summed E-state index contributed by atoms with van der Waals surface area (Å²) in [7, 11) is 1.76. The molecule has 0 aliphatic rings. The fourth-order valence-electron chi connectivity index (χ4n) is 1.86. The lowest BCUT2D eigenvalue weighted by Gasteiger charge is -2.20. The maximum absolute atomic E-state index is 11.7. The van der Waals surface area contributed by atoms with E-state index in [1.807, 2.05) is 13.8 Å². The van der Waals surface area contributed by atoms with Gasteiger partial charge in [-0.05, 0) is 5.92 Å². The lowest BCUT2D eigenvalue weighted by atomic mass is 9.96. The summed E-state index contributed by atoms with van der Waals surface area (Å²) < 4.78 is 1.65. The molecular formula is C12H21N3O2. The van der Waals surface area contributed by atoms with Crippen LogP contribution in [-0.4, -0.2) is 33.2 Å². The normalized spacial score (nSPS) is 12.8. The van der Waals surface area contributed by atoms with Crippen LogP contribution < -0.4 is 5.32 Å². The summed E-state index contributed by atoms with van der Waals surface area (Å²) in [6.07, 6.45) is 4.44. The molecule has 1 atom stereocenters. The number of imidazole rings is 1. The molecule has 96 valence electrons. The molecule has 0 saturated heterocycles. The van der Waals surface area contributed by atoms with E-state index in [0.29, 0.717) is 5.69 Å². The molecule has 17 heavy (non-hydrogen) atoms. The first-order chi connectivity index (χ1) is 8.10. The minimum absolute atomic E-state index is 0.199. The second-order valence-corrected chi connectivity index (χ2v) is 4.24. The minimum Gasteiger partial charge on any atom is -0.391 e. The fourth-order valence-corrected chi connectivity index (χ4v) is 1.86. The molecule has 2 N–H and O–H groups in total. The Labute approximate surface area is 102 Å². The van der Waals surface area contributed by atoms with Crippen LogP contribution in [0.15, 0.2) is 12.5 Å². The molecule has 0 saturated carbocycles. The van der Waals surface area contributed by atoms with Crippen molar-refractivity contribution in [1.29, 1.82) is 0 Å². The molecular weight excluding hydrogens is 218 g/mol. The summed E-state index contributed by atoms with van der Waals surface area (Å²) >= 11 is 0. The zero-order valence-corrected chi connectivity index (χ0v) is 10.7. The van der Waals surface area contributed by atoms with Gasteiger partial charge in [0.2, 0.25) is 0 Å². The van der Waals surface area contributed by atoms with E-state index < -0.39 is 6.10 Å². The predicted molar refractivity (Wildman–Crippen MR) is 65.6 cm³/mol.